The Hall–Kier alpha value is -2.73. The van der Waals surface area contributed by atoms with Crippen molar-refractivity contribution in [3.63, 3.8) is 0 Å². The molecule has 0 spiro atoms. The highest BCUT2D eigenvalue weighted by Crippen LogP contribution is 2.34. The standard InChI is InChI=1S/C21H23NO5/c1-11-19(23)12(2)21(24)27-20(11)18-10-14-9-15(6-7-17(14)26-18)25-13(3)16-5-4-8-22-16/h6-7,9-10,13,16,22-23H,4-5,8H2,1-3H3. The highest BCUT2D eigenvalue weighted by molar-refractivity contribution is 5.84. The maximum absolute atomic E-state index is 11.9. The largest absolute Gasteiger partial charge is 0.507 e. The topological polar surface area (TPSA) is 84.8 Å². The average molecular weight is 369 g/mol. The minimum absolute atomic E-state index is 0.0661. The lowest BCUT2D eigenvalue weighted by Crippen LogP contribution is -2.36. The SMILES string of the molecule is Cc1c(-c2cc3cc(OC(C)C4CCCN4)ccc3o2)oc(=O)c(C)c1O. The third kappa shape index (κ3) is 3.21. The lowest BCUT2D eigenvalue weighted by Gasteiger charge is -2.21. The summed E-state index contributed by atoms with van der Waals surface area (Å²) in [5.74, 6) is 1.34. The zero-order chi connectivity index (χ0) is 19.1. The van der Waals surface area contributed by atoms with Crippen LogP contribution in [0.1, 0.15) is 30.9 Å². The molecule has 1 aliphatic rings. The third-order valence-electron chi connectivity index (χ3n) is 5.25. The number of ether oxygens (including phenoxy) is 1. The summed E-state index contributed by atoms with van der Waals surface area (Å²) in [5, 5.41) is 14.4. The number of hydrogen-bond donors (Lipinski definition) is 2. The van der Waals surface area contributed by atoms with Crippen molar-refractivity contribution in [2.24, 2.45) is 0 Å². The van der Waals surface area contributed by atoms with Crippen molar-refractivity contribution in [1.29, 1.82) is 0 Å². The second-order valence-corrected chi connectivity index (χ2v) is 7.15. The van der Waals surface area contributed by atoms with Gasteiger partial charge in [-0.05, 0) is 64.4 Å². The van der Waals surface area contributed by atoms with Gasteiger partial charge in [0.1, 0.15) is 23.2 Å². The van der Waals surface area contributed by atoms with Crippen LogP contribution in [0.25, 0.3) is 22.5 Å². The molecule has 0 radical (unpaired) electrons. The Morgan fingerprint density at radius 1 is 1.22 bits per heavy atom. The van der Waals surface area contributed by atoms with Crippen molar-refractivity contribution in [3.8, 4) is 23.0 Å². The lowest BCUT2D eigenvalue weighted by molar-refractivity contribution is 0.180. The average Bonchev–Trinajstić information content (AvgIpc) is 3.32. The summed E-state index contributed by atoms with van der Waals surface area (Å²) < 4.78 is 17.3. The molecule has 1 saturated heterocycles. The monoisotopic (exact) mass is 369 g/mol. The Morgan fingerprint density at radius 3 is 2.78 bits per heavy atom. The molecule has 4 rings (SSSR count). The van der Waals surface area contributed by atoms with E-state index in [1.54, 1.807) is 13.0 Å². The number of benzene rings is 1. The molecule has 3 aromatic rings. The van der Waals surface area contributed by atoms with Crippen molar-refractivity contribution in [1.82, 2.24) is 5.32 Å². The van der Waals surface area contributed by atoms with Crippen LogP contribution in [-0.2, 0) is 0 Å². The predicted molar refractivity (Wildman–Crippen MR) is 102 cm³/mol. The lowest BCUT2D eigenvalue weighted by atomic mass is 10.1. The molecule has 0 saturated carbocycles. The minimum Gasteiger partial charge on any atom is -0.507 e. The Bertz CT molecular complexity index is 1040. The molecule has 2 unspecified atom stereocenters. The van der Waals surface area contributed by atoms with Crippen LogP contribution in [0.2, 0.25) is 0 Å². The maximum Gasteiger partial charge on any atom is 0.343 e. The van der Waals surface area contributed by atoms with Gasteiger partial charge in [-0.2, -0.15) is 0 Å². The first-order valence-corrected chi connectivity index (χ1v) is 9.21. The number of rotatable bonds is 4. The smallest absolute Gasteiger partial charge is 0.343 e. The molecule has 142 valence electrons. The van der Waals surface area contributed by atoms with Gasteiger partial charge in [-0.25, -0.2) is 4.79 Å². The van der Waals surface area contributed by atoms with E-state index in [0.29, 0.717) is 22.9 Å². The van der Waals surface area contributed by atoms with E-state index in [9.17, 15) is 9.90 Å². The van der Waals surface area contributed by atoms with Crippen LogP contribution in [0.5, 0.6) is 11.5 Å². The number of furan rings is 1. The Labute approximate surface area is 156 Å². The number of hydrogen-bond acceptors (Lipinski definition) is 6. The molecule has 2 atom stereocenters. The molecule has 1 aromatic carbocycles. The van der Waals surface area contributed by atoms with Crippen molar-refractivity contribution in [3.05, 3.63) is 45.8 Å². The number of nitrogens with one attached hydrogen (secondary N) is 1. The highest BCUT2D eigenvalue weighted by Gasteiger charge is 2.23. The van der Waals surface area contributed by atoms with E-state index >= 15 is 0 Å². The van der Waals surface area contributed by atoms with Gasteiger partial charge >= 0.3 is 5.63 Å². The van der Waals surface area contributed by atoms with Gasteiger partial charge in [0, 0.05) is 17.0 Å². The predicted octanol–water partition coefficient (Wildman–Crippen LogP) is 3.89. The first kappa shape index (κ1) is 17.7. The molecule has 6 heteroatoms. The molecule has 2 aromatic heterocycles. The quantitative estimate of drug-likeness (QED) is 0.726. The summed E-state index contributed by atoms with van der Waals surface area (Å²) in [5.41, 5.74) is 0.752. The summed E-state index contributed by atoms with van der Waals surface area (Å²) in [6.45, 7) is 6.33. The molecule has 2 N–H and O–H groups in total. The molecule has 3 heterocycles. The fourth-order valence-corrected chi connectivity index (χ4v) is 3.58. The minimum atomic E-state index is -0.574. The zero-order valence-electron chi connectivity index (χ0n) is 15.7. The van der Waals surface area contributed by atoms with Gasteiger partial charge in [-0.3, -0.25) is 0 Å². The molecule has 27 heavy (non-hydrogen) atoms. The van der Waals surface area contributed by atoms with Gasteiger partial charge in [0.2, 0.25) is 0 Å². The molecular weight excluding hydrogens is 346 g/mol. The van der Waals surface area contributed by atoms with Crippen molar-refractivity contribution < 1.29 is 18.7 Å². The number of fused-ring (bicyclic) bond motifs is 1. The van der Waals surface area contributed by atoms with Crippen LogP contribution in [0, 0.1) is 13.8 Å². The van der Waals surface area contributed by atoms with Crippen LogP contribution in [-0.4, -0.2) is 23.8 Å². The van der Waals surface area contributed by atoms with Gasteiger partial charge < -0.3 is 24.0 Å². The summed E-state index contributed by atoms with van der Waals surface area (Å²) >= 11 is 0. The first-order valence-electron chi connectivity index (χ1n) is 9.21. The van der Waals surface area contributed by atoms with Crippen LogP contribution < -0.4 is 15.7 Å². The molecule has 0 amide bonds. The third-order valence-corrected chi connectivity index (χ3v) is 5.25. The molecule has 6 nitrogen and oxygen atoms in total. The van der Waals surface area contributed by atoms with E-state index in [1.807, 2.05) is 18.2 Å². The molecular formula is C21H23NO5. The normalized spacial score (nSPS) is 18.1. The van der Waals surface area contributed by atoms with E-state index in [2.05, 4.69) is 12.2 Å². The van der Waals surface area contributed by atoms with Gasteiger partial charge in [-0.15, -0.1) is 0 Å². The Morgan fingerprint density at radius 2 is 2.04 bits per heavy atom. The molecule has 1 fully saturated rings. The van der Waals surface area contributed by atoms with Crippen molar-refractivity contribution >= 4 is 11.0 Å². The van der Waals surface area contributed by atoms with E-state index in [0.717, 1.165) is 24.1 Å². The van der Waals surface area contributed by atoms with E-state index < -0.39 is 5.63 Å². The van der Waals surface area contributed by atoms with Crippen molar-refractivity contribution in [2.45, 2.75) is 45.8 Å². The molecule has 0 bridgehead atoms. The summed E-state index contributed by atoms with van der Waals surface area (Å²) in [7, 11) is 0. The summed E-state index contributed by atoms with van der Waals surface area (Å²) in [4.78, 5) is 11.9. The van der Waals surface area contributed by atoms with Crippen LogP contribution >= 0.6 is 0 Å². The van der Waals surface area contributed by atoms with Gasteiger partial charge in [0.25, 0.3) is 0 Å². The fourth-order valence-electron chi connectivity index (χ4n) is 3.58. The van der Waals surface area contributed by atoms with Gasteiger partial charge in [0.05, 0.1) is 5.56 Å². The van der Waals surface area contributed by atoms with Crippen molar-refractivity contribution in [2.75, 3.05) is 6.54 Å². The van der Waals surface area contributed by atoms with Crippen LogP contribution in [0.4, 0.5) is 0 Å². The van der Waals surface area contributed by atoms with E-state index in [-0.39, 0.29) is 23.2 Å². The highest BCUT2D eigenvalue weighted by atomic mass is 16.5. The van der Waals surface area contributed by atoms with Gasteiger partial charge in [0.15, 0.2) is 11.5 Å². The van der Waals surface area contributed by atoms with Crippen LogP contribution in [0.15, 0.2) is 37.9 Å². The number of aromatic hydroxyl groups is 1. The maximum atomic E-state index is 11.9. The fraction of sp³-hybridized carbons (Fsp3) is 0.381. The zero-order valence-corrected chi connectivity index (χ0v) is 15.7. The molecule has 0 aliphatic carbocycles. The summed E-state index contributed by atoms with van der Waals surface area (Å²) in [6, 6.07) is 7.78. The summed E-state index contributed by atoms with van der Waals surface area (Å²) in [6.07, 6.45) is 2.37. The molecule has 1 aliphatic heterocycles. The van der Waals surface area contributed by atoms with E-state index in [4.69, 9.17) is 13.6 Å². The first-order chi connectivity index (χ1) is 12.9. The van der Waals surface area contributed by atoms with E-state index in [1.165, 1.54) is 13.3 Å². The Balaban J connectivity index is 1.66. The second-order valence-electron chi connectivity index (χ2n) is 7.15. The second kappa shape index (κ2) is 6.78. The van der Waals surface area contributed by atoms with Crippen LogP contribution in [0.3, 0.4) is 0 Å². The Kier molecular flexibility index (Phi) is 4.44. The van der Waals surface area contributed by atoms with Gasteiger partial charge in [-0.1, -0.05) is 0 Å².